The zero-order chi connectivity index (χ0) is 10.3. The first-order valence-electron chi connectivity index (χ1n) is 4.38. The minimum Gasteiger partial charge on any atom is -0.358 e. The van der Waals surface area contributed by atoms with Gasteiger partial charge in [0.05, 0.1) is 5.52 Å². The summed E-state index contributed by atoms with van der Waals surface area (Å²) in [6.45, 7) is 3.57. The summed E-state index contributed by atoms with van der Waals surface area (Å²) < 4.78 is 12.9. The molecule has 14 heavy (non-hydrogen) atoms. The first kappa shape index (κ1) is 8.94. The Bertz CT molecular complexity index is 557. The molecule has 1 heterocycles. The maximum absolute atomic E-state index is 12.9. The molecular formula is C11H10FNO. The molecule has 1 aromatic carbocycles. The van der Waals surface area contributed by atoms with Gasteiger partial charge in [0, 0.05) is 16.6 Å². The van der Waals surface area contributed by atoms with Crippen molar-refractivity contribution in [1.29, 1.82) is 0 Å². The number of aromatic nitrogens is 1. The van der Waals surface area contributed by atoms with E-state index < -0.39 is 0 Å². The predicted octanol–water partition coefficient (Wildman–Crippen LogP) is 2.28. The molecule has 0 saturated carbocycles. The Morgan fingerprint density at radius 3 is 2.71 bits per heavy atom. The molecule has 0 aliphatic heterocycles. The molecule has 2 nitrogen and oxygen atoms in total. The molecule has 1 aromatic heterocycles. The average molecular weight is 191 g/mol. The predicted molar refractivity (Wildman–Crippen MR) is 54.0 cm³/mol. The molecule has 0 bridgehead atoms. The first-order chi connectivity index (χ1) is 6.59. The number of hydrogen-bond donors (Lipinski definition) is 1. The quantitative estimate of drug-likeness (QED) is 0.680. The Balaban J connectivity index is 2.98. The van der Waals surface area contributed by atoms with Gasteiger partial charge in [0.15, 0.2) is 5.43 Å². The van der Waals surface area contributed by atoms with Crippen LogP contribution >= 0.6 is 0 Å². The molecule has 0 fully saturated rings. The maximum atomic E-state index is 12.9. The lowest BCUT2D eigenvalue weighted by atomic mass is 10.1. The lowest BCUT2D eigenvalue weighted by Gasteiger charge is -2.03. The van der Waals surface area contributed by atoms with E-state index >= 15 is 0 Å². The molecule has 0 aliphatic rings. The maximum Gasteiger partial charge on any atom is 0.192 e. The number of H-pyrrole nitrogens is 1. The second-order valence-electron chi connectivity index (χ2n) is 3.39. The monoisotopic (exact) mass is 191 g/mol. The molecule has 0 atom stereocenters. The van der Waals surface area contributed by atoms with Gasteiger partial charge < -0.3 is 4.98 Å². The van der Waals surface area contributed by atoms with E-state index in [1.54, 1.807) is 13.8 Å². The standard InChI is InChI=1S/C11H10FNO/c1-6-7(2)13-10-5-8(12)3-4-9(10)11(6)14/h3-5H,1-2H3,(H,13,14). The van der Waals surface area contributed by atoms with E-state index in [0.29, 0.717) is 16.5 Å². The van der Waals surface area contributed by atoms with Crippen molar-refractivity contribution in [2.75, 3.05) is 0 Å². The largest absolute Gasteiger partial charge is 0.358 e. The summed E-state index contributed by atoms with van der Waals surface area (Å²) in [5, 5.41) is 0.537. The second kappa shape index (κ2) is 2.94. The Hall–Kier alpha value is -1.64. The van der Waals surface area contributed by atoms with Crippen molar-refractivity contribution >= 4 is 10.9 Å². The van der Waals surface area contributed by atoms with Crippen molar-refractivity contribution in [1.82, 2.24) is 4.98 Å². The number of nitrogens with one attached hydrogen (secondary N) is 1. The second-order valence-corrected chi connectivity index (χ2v) is 3.39. The molecule has 0 aliphatic carbocycles. The van der Waals surface area contributed by atoms with Gasteiger partial charge in [0.25, 0.3) is 0 Å². The van der Waals surface area contributed by atoms with Gasteiger partial charge >= 0.3 is 0 Å². The summed E-state index contributed by atoms with van der Waals surface area (Å²) in [5.41, 5.74) is 1.99. The van der Waals surface area contributed by atoms with Crippen molar-refractivity contribution in [2.45, 2.75) is 13.8 Å². The van der Waals surface area contributed by atoms with Gasteiger partial charge in [-0.1, -0.05) is 0 Å². The fourth-order valence-corrected chi connectivity index (χ4v) is 1.49. The molecule has 3 heteroatoms. The van der Waals surface area contributed by atoms with Crippen LogP contribution in [0.25, 0.3) is 10.9 Å². The van der Waals surface area contributed by atoms with Crippen LogP contribution in [0.4, 0.5) is 4.39 Å². The number of pyridine rings is 1. The normalized spacial score (nSPS) is 10.8. The number of benzene rings is 1. The molecule has 2 aromatic rings. The van der Waals surface area contributed by atoms with Crippen LogP contribution in [0.2, 0.25) is 0 Å². The van der Waals surface area contributed by atoms with Crippen molar-refractivity contribution < 1.29 is 4.39 Å². The summed E-state index contributed by atoms with van der Waals surface area (Å²) in [5.74, 6) is -0.337. The van der Waals surface area contributed by atoms with Crippen LogP contribution in [0.15, 0.2) is 23.0 Å². The van der Waals surface area contributed by atoms with E-state index in [2.05, 4.69) is 4.98 Å². The van der Waals surface area contributed by atoms with Gasteiger partial charge in [-0.25, -0.2) is 4.39 Å². The average Bonchev–Trinajstić information content (AvgIpc) is 2.14. The highest BCUT2D eigenvalue weighted by Crippen LogP contribution is 2.11. The fraction of sp³-hybridized carbons (Fsp3) is 0.182. The molecular weight excluding hydrogens is 181 g/mol. The Kier molecular flexibility index (Phi) is 1.88. The smallest absolute Gasteiger partial charge is 0.192 e. The lowest BCUT2D eigenvalue weighted by Crippen LogP contribution is -2.09. The summed E-state index contributed by atoms with van der Waals surface area (Å²) in [4.78, 5) is 14.7. The molecule has 0 radical (unpaired) electrons. The first-order valence-corrected chi connectivity index (χ1v) is 4.38. The van der Waals surface area contributed by atoms with E-state index in [-0.39, 0.29) is 11.2 Å². The van der Waals surface area contributed by atoms with Crippen LogP contribution < -0.4 is 5.43 Å². The van der Waals surface area contributed by atoms with Crippen LogP contribution in [0.1, 0.15) is 11.3 Å². The Labute approximate surface area is 80.4 Å². The van der Waals surface area contributed by atoms with Crippen LogP contribution in [-0.4, -0.2) is 4.98 Å². The van der Waals surface area contributed by atoms with Crippen molar-refractivity contribution in [2.24, 2.45) is 0 Å². The molecule has 0 saturated heterocycles. The highest BCUT2D eigenvalue weighted by Gasteiger charge is 2.05. The van der Waals surface area contributed by atoms with Crippen molar-refractivity contribution in [3.63, 3.8) is 0 Å². The van der Waals surface area contributed by atoms with E-state index in [1.807, 2.05) is 0 Å². The van der Waals surface area contributed by atoms with E-state index in [4.69, 9.17) is 0 Å². The minimum atomic E-state index is -0.337. The lowest BCUT2D eigenvalue weighted by molar-refractivity contribution is 0.629. The Morgan fingerprint density at radius 1 is 1.29 bits per heavy atom. The molecule has 0 amide bonds. The summed E-state index contributed by atoms with van der Waals surface area (Å²) in [7, 11) is 0. The number of aromatic amines is 1. The fourth-order valence-electron chi connectivity index (χ4n) is 1.49. The number of halogens is 1. The number of fused-ring (bicyclic) bond motifs is 1. The molecule has 2 rings (SSSR count). The van der Waals surface area contributed by atoms with Gasteiger partial charge in [0.2, 0.25) is 0 Å². The summed E-state index contributed by atoms with van der Waals surface area (Å²) in [6, 6.07) is 4.14. The van der Waals surface area contributed by atoms with Gasteiger partial charge in [0.1, 0.15) is 5.82 Å². The SMILES string of the molecule is Cc1[nH]c2cc(F)ccc2c(=O)c1C. The van der Waals surface area contributed by atoms with Gasteiger partial charge in [-0.15, -0.1) is 0 Å². The van der Waals surface area contributed by atoms with Gasteiger partial charge in [-0.3, -0.25) is 4.79 Å². The molecule has 0 unspecified atom stereocenters. The third kappa shape index (κ3) is 1.21. The van der Waals surface area contributed by atoms with E-state index in [0.717, 1.165) is 5.69 Å². The third-order valence-corrected chi connectivity index (χ3v) is 2.45. The molecule has 1 N–H and O–H groups in total. The summed E-state index contributed by atoms with van der Waals surface area (Å²) in [6.07, 6.45) is 0. The van der Waals surface area contributed by atoms with Gasteiger partial charge in [-0.2, -0.15) is 0 Å². The third-order valence-electron chi connectivity index (χ3n) is 2.45. The molecule has 0 spiro atoms. The van der Waals surface area contributed by atoms with Crippen LogP contribution in [0, 0.1) is 19.7 Å². The number of hydrogen-bond acceptors (Lipinski definition) is 1. The van der Waals surface area contributed by atoms with E-state index in [9.17, 15) is 9.18 Å². The van der Waals surface area contributed by atoms with Crippen LogP contribution in [-0.2, 0) is 0 Å². The topological polar surface area (TPSA) is 32.9 Å². The highest BCUT2D eigenvalue weighted by molar-refractivity contribution is 5.79. The van der Waals surface area contributed by atoms with Crippen molar-refractivity contribution in [3.05, 3.63) is 45.5 Å². The van der Waals surface area contributed by atoms with Gasteiger partial charge in [-0.05, 0) is 32.0 Å². The number of aryl methyl sites for hydroxylation is 1. The number of rotatable bonds is 0. The zero-order valence-corrected chi connectivity index (χ0v) is 8.02. The van der Waals surface area contributed by atoms with E-state index in [1.165, 1.54) is 18.2 Å². The molecule has 72 valence electrons. The zero-order valence-electron chi connectivity index (χ0n) is 8.02. The minimum absolute atomic E-state index is 0.0312. The van der Waals surface area contributed by atoms with Crippen molar-refractivity contribution in [3.8, 4) is 0 Å². The highest BCUT2D eigenvalue weighted by atomic mass is 19.1. The van der Waals surface area contributed by atoms with Crippen LogP contribution in [0.5, 0.6) is 0 Å². The van der Waals surface area contributed by atoms with Crippen LogP contribution in [0.3, 0.4) is 0 Å². The summed E-state index contributed by atoms with van der Waals surface area (Å²) >= 11 is 0. The Morgan fingerprint density at radius 2 is 2.00 bits per heavy atom.